The maximum absolute atomic E-state index is 12.1. The highest BCUT2D eigenvalue weighted by Crippen LogP contribution is 2.39. The van der Waals surface area contributed by atoms with Gasteiger partial charge in [-0.15, -0.1) is 0 Å². The number of fused-ring (bicyclic) bond motifs is 1. The molecule has 0 atom stereocenters. The van der Waals surface area contributed by atoms with Crippen LogP contribution in [0.4, 0.5) is 0 Å². The van der Waals surface area contributed by atoms with Crippen LogP contribution in [-0.4, -0.2) is 14.5 Å². The molecule has 0 spiro atoms. The molecule has 100 valence electrons. The molecule has 4 rings (SSSR count). The zero-order valence-corrected chi connectivity index (χ0v) is 11.4. The van der Waals surface area contributed by atoms with Gasteiger partial charge in [-0.3, -0.25) is 0 Å². The lowest BCUT2D eigenvalue weighted by Gasteiger charge is -2.04. The minimum absolute atomic E-state index is 0.200. The summed E-state index contributed by atoms with van der Waals surface area (Å²) >= 11 is 6.01. The number of halogens is 1. The highest BCUT2D eigenvalue weighted by atomic mass is 35.5. The first-order chi connectivity index (χ1) is 9.72. The van der Waals surface area contributed by atoms with Crippen molar-refractivity contribution in [1.82, 2.24) is 14.5 Å². The number of hydrogen-bond donors (Lipinski definition) is 1. The minimum Gasteiger partial charge on any atom is -0.305 e. The van der Waals surface area contributed by atoms with Crippen LogP contribution in [0.5, 0.6) is 0 Å². The third-order valence-electron chi connectivity index (χ3n) is 3.69. The molecule has 20 heavy (non-hydrogen) atoms. The first-order valence-electron chi connectivity index (χ1n) is 6.59. The van der Waals surface area contributed by atoms with Gasteiger partial charge in [-0.25, -0.2) is 14.3 Å². The second kappa shape index (κ2) is 4.21. The summed E-state index contributed by atoms with van der Waals surface area (Å²) in [4.78, 5) is 19.3. The van der Waals surface area contributed by atoms with Gasteiger partial charge in [0, 0.05) is 11.2 Å². The summed E-state index contributed by atoms with van der Waals surface area (Å²) < 4.78 is 1.55. The van der Waals surface area contributed by atoms with Gasteiger partial charge in [0.1, 0.15) is 5.82 Å². The molecule has 0 saturated heterocycles. The highest BCUT2D eigenvalue weighted by Gasteiger charge is 2.23. The van der Waals surface area contributed by atoms with E-state index in [-0.39, 0.29) is 5.69 Å². The second-order valence-electron chi connectivity index (χ2n) is 5.15. The van der Waals surface area contributed by atoms with Crippen LogP contribution in [0.15, 0.2) is 41.3 Å². The summed E-state index contributed by atoms with van der Waals surface area (Å²) in [6.07, 6.45) is 4.34. The predicted molar refractivity (Wildman–Crippen MR) is 78.7 cm³/mol. The molecule has 2 aromatic heterocycles. The van der Waals surface area contributed by atoms with Crippen LogP contribution in [0, 0.1) is 0 Å². The number of nitrogens with zero attached hydrogens (tertiary/aromatic N) is 2. The van der Waals surface area contributed by atoms with E-state index in [1.807, 2.05) is 12.3 Å². The van der Waals surface area contributed by atoms with Crippen LogP contribution in [0.1, 0.15) is 24.3 Å². The normalized spacial score (nSPS) is 14.8. The minimum atomic E-state index is -0.200. The molecule has 5 heteroatoms. The van der Waals surface area contributed by atoms with Gasteiger partial charge in [-0.05, 0) is 48.6 Å². The molecule has 1 saturated carbocycles. The standard InChI is InChI=1S/C15H12ClN3O/c16-11-4-5-12-13(7-11)19(15(20)18-12)14-6-3-10(8-17-14)9-1-2-9/h3-9H,1-2H2,(H,18,20). The van der Waals surface area contributed by atoms with Crippen molar-refractivity contribution in [3.05, 3.63) is 57.6 Å². The average Bonchev–Trinajstić information content (AvgIpc) is 3.23. The van der Waals surface area contributed by atoms with Gasteiger partial charge in [-0.1, -0.05) is 17.7 Å². The average molecular weight is 286 g/mol. The number of H-pyrrole nitrogens is 1. The lowest BCUT2D eigenvalue weighted by Crippen LogP contribution is -2.15. The zero-order chi connectivity index (χ0) is 13.7. The lowest BCUT2D eigenvalue weighted by atomic mass is 10.2. The van der Waals surface area contributed by atoms with E-state index >= 15 is 0 Å². The molecule has 2 heterocycles. The monoisotopic (exact) mass is 285 g/mol. The van der Waals surface area contributed by atoms with Crippen LogP contribution in [0.3, 0.4) is 0 Å². The van der Waals surface area contributed by atoms with Crippen LogP contribution in [-0.2, 0) is 0 Å². The molecule has 0 bridgehead atoms. The fraction of sp³-hybridized carbons (Fsp3) is 0.200. The lowest BCUT2D eigenvalue weighted by molar-refractivity contribution is 0.954. The zero-order valence-electron chi connectivity index (χ0n) is 10.6. The van der Waals surface area contributed by atoms with E-state index < -0.39 is 0 Å². The van der Waals surface area contributed by atoms with Crippen molar-refractivity contribution in [2.45, 2.75) is 18.8 Å². The number of aromatic amines is 1. The van der Waals surface area contributed by atoms with Crippen molar-refractivity contribution in [3.63, 3.8) is 0 Å². The van der Waals surface area contributed by atoms with Crippen molar-refractivity contribution >= 4 is 22.6 Å². The van der Waals surface area contributed by atoms with Gasteiger partial charge in [0.25, 0.3) is 0 Å². The van der Waals surface area contributed by atoms with Crippen LogP contribution in [0.25, 0.3) is 16.9 Å². The summed E-state index contributed by atoms with van der Waals surface area (Å²) in [5, 5.41) is 0.597. The number of imidazole rings is 1. The van der Waals surface area contributed by atoms with Crippen molar-refractivity contribution < 1.29 is 0 Å². The Morgan fingerprint density at radius 3 is 2.80 bits per heavy atom. The topological polar surface area (TPSA) is 50.7 Å². The molecule has 4 nitrogen and oxygen atoms in total. The maximum atomic E-state index is 12.1. The Balaban J connectivity index is 1.90. The largest absolute Gasteiger partial charge is 0.332 e. The number of pyridine rings is 1. The molecular weight excluding hydrogens is 274 g/mol. The Morgan fingerprint density at radius 1 is 1.25 bits per heavy atom. The van der Waals surface area contributed by atoms with Gasteiger partial charge >= 0.3 is 5.69 Å². The smallest absolute Gasteiger partial charge is 0.305 e. The highest BCUT2D eigenvalue weighted by molar-refractivity contribution is 6.31. The van der Waals surface area contributed by atoms with E-state index in [9.17, 15) is 4.79 Å². The summed E-state index contributed by atoms with van der Waals surface area (Å²) in [5.74, 6) is 1.28. The Bertz CT molecular complexity index is 844. The summed E-state index contributed by atoms with van der Waals surface area (Å²) in [6, 6.07) is 9.27. The third-order valence-corrected chi connectivity index (χ3v) is 3.93. The molecule has 0 amide bonds. The summed E-state index contributed by atoms with van der Waals surface area (Å²) in [7, 11) is 0. The fourth-order valence-corrected chi connectivity index (χ4v) is 2.66. The molecule has 3 aromatic rings. The SMILES string of the molecule is O=c1[nH]c2ccc(Cl)cc2n1-c1ccc(C2CC2)cn1. The summed E-state index contributed by atoms with van der Waals surface area (Å²) in [5.41, 5.74) is 2.55. The van der Waals surface area contributed by atoms with E-state index in [0.29, 0.717) is 16.8 Å². The molecule has 0 unspecified atom stereocenters. The molecule has 1 aliphatic rings. The van der Waals surface area contributed by atoms with E-state index in [1.54, 1.807) is 22.8 Å². The quantitative estimate of drug-likeness (QED) is 0.786. The fourth-order valence-electron chi connectivity index (χ4n) is 2.49. The molecular formula is C15H12ClN3O. The van der Waals surface area contributed by atoms with Crippen molar-refractivity contribution in [2.24, 2.45) is 0 Å². The van der Waals surface area contributed by atoms with Crippen molar-refractivity contribution in [3.8, 4) is 5.82 Å². The van der Waals surface area contributed by atoms with Crippen LogP contribution >= 0.6 is 11.6 Å². The Hall–Kier alpha value is -2.07. The van der Waals surface area contributed by atoms with Gasteiger partial charge in [-0.2, -0.15) is 0 Å². The van der Waals surface area contributed by atoms with Crippen LogP contribution < -0.4 is 5.69 Å². The van der Waals surface area contributed by atoms with Gasteiger partial charge in [0.2, 0.25) is 0 Å². The molecule has 1 fully saturated rings. The van der Waals surface area contributed by atoms with Crippen LogP contribution in [0.2, 0.25) is 5.02 Å². The number of nitrogens with one attached hydrogen (secondary N) is 1. The Morgan fingerprint density at radius 2 is 2.10 bits per heavy atom. The molecule has 0 aliphatic heterocycles. The van der Waals surface area contributed by atoms with E-state index in [2.05, 4.69) is 16.0 Å². The van der Waals surface area contributed by atoms with Crippen molar-refractivity contribution in [1.29, 1.82) is 0 Å². The number of hydrogen-bond acceptors (Lipinski definition) is 2. The third kappa shape index (κ3) is 1.84. The number of benzene rings is 1. The Labute approximate surface area is 120 Å². The molecule has 0 radical (unpaired) electrons. The first kappa shape index (κ1) is 11.7. The van der Waals surface area contributed by atoms with Gasteiger partial charge in [0.15, 0.2) is 0 Å². The molecule has 1 aromatic carbocycles. The number of rotatable bonds is 2. The first-order valence-corrected chi connectivity index (χ1v) is 6.97. The summed E-state index contributed by atoms with van der Waals surface area (Å²) in [6.45, 7) is 0. The van der Waals surface area contributed by atoms with Crippen molar-refractivity contribution in [2.75, 3.05) is 0 Å². The number of aromatic nitrogens is 3. The maximum Gasteiger partial charge on any atom is 0.332 e. The van der Waals surface area contributed by atoms with Gasteiger partial charge in [0.05, 0.1) is 11.0 Å². The molecule has 1 aliphatic carbocycles. The van der Waals surface area contributed by atoms with Gasteiger partial charge < -0.3 is 4.98 Å². The second-order valence-corrected chi connectivity index (χ2v) is 5.59. The Kier molecular flexibility index (Phi) is 2.47. The predicted octanol–water partition coefficient (Wildman–Crippen LogP) is 3.24. The van der Waals surface area contributed by atoms with E-state index in [0.717, 1.165) is 11.0 Å². The van der Waals surface area contributed by atoms with E-state index in [1.165, 1.54) is 18.4 Å². The molecule has 1 N–H and O–H groups in total. The van der Waals surface area contributed by atoms with E-state index in [4.69, 9.17) is 11.6 Å².